The first kappa shape index (κ1) is 23.1. The summed E-state index contributed by atoms with van der Waals surface area (Å²) < 4.78 is 0. The van der Waals surface area contributed by atoms with E-state index in [0.29, 0.717) is 17.7 Å². The molecule has 1 heterocycles. The standard InChI is InChI=1S/C27H23N3O3S/c1-28-27(33)23-4-2-3-5-25(23)34-22-13-9-20(10-14-22)26(32)30-17-18-6-15-24(29-16-18)19-7-11-21(31)12-8-19/h2-16,31H,17H2,1H3,(H,28,33)(H,30,32). The third-order valence-electron chi connectivity index (χ3n) is 5.14. The number of aromatic hydroxyl groups is 1. The van der Waals surface area contributed by atoms with E-state index in [1.165, 1.54) is 11.8 Å². The molecule has 7 heteroatoms. The zero-order valence-electron chi connectivity index (χ0n) is 18.5. The molecule has 0 saturated carbocycles. The van der Waals surface area contributed by atoms with Gasteiger partial charge in [-0.2, -0.15) is 0 Å². The summed E-state index contributed by atoms with van der Waals surface area (Å²) >= 11 is 1.47. The van der Waals surface area contributed by atoms with Crippen LogP contribution in [0.5, 0.6) is 5.75 Å². The highest BCUT2D eigenvalue weighted by Crippen LogP contribution is 2.30. The lowest BCUT2D eigenvalue weighted by atomic mass is 10.1. The predicted octanol–water partition coefficient (Wildman–Crippen LogP) is 4.90. The van der Waals surface area contributed by atoms with Gasteiger partial charge in [-0.15, -0.1) is 0 Å². The third-order valence-corrected chi connectivity index (χ3v) is 6.23. The van der Waals surface area contributed by atoms with Crippen LogP contribution >= 0.6 is 11.8 Å². The van der Waals surface area contributed by atoms with Crippen molar-refractivity contribution in [3.05, 3.63) is 108 Å². The van der Waals surface area contributed by atoms with Gasteiger partial charge in [0.25, 0.3) is 11.8 Å². The van der Waals surface area contributed by atoms with Crippen LogP contribution in [0.1, 0.15) is 26.3 Å². The number of benzene rings is 3. The van der Waals surface area contributed by atoms with Crippen molar-refractivity contribution in [1.29, 1.82) is 0 Å². The maximum Gasteiger partial charge on any atom is 0.252 e. The number of carbonyl (C=O) groups is 2. The smallest absolute Gasteiger partial charge is 0.252 e. The van der Waals surface area contributed by atoms with E-state index in [4.69, 9.17) is 0 Å². The Morgan fingerprint density at radius 1 is 0.882 bits per heavy atom. The molecule has 2 amide bonds. The highest BCUT2D eigenvalue weighted by Gasteiger charge is 2.11. The largest absolute Gasteiger partial charge is 0.508 e. The molecule has 0 radical (unpaired) electrons. The summed E-state index contributed by atoms with van der Waals surface area (Å²) in [6.07, 6.45) is 1.73. The van der Waals surface area contributed by atoms with Crippen LogP contribution in [0.2, 0.25) is 0 Å². The summed E-state index contributed by atoms with van der Waals surface area (Å²) in [6.45, 7) is 0.359. The summed E-state index contributed by atoms with van der Waals surface area (Å²) in [6, 6.07) is 25.3. The second kappa shape index (κ2) is 10.7. The van der Waals surface area contributed by atoms with Gasteiger partial charge in [-0.25, -0.2) is 0 Å². The van der Waals surface area contributed by atoms with Gasteiger partial charge in [0.1, 0.15) is 5.75 Å². The normalized spacial score (nSPS) is 10.5. The van der Waals surface area contributed by atoms with Gasteiger partial charge < -0.3 is 15.7 Å². The Balaban J connectivity index is 1.35. The molecule has 34 heavy (non-hydrogen) atoms. The maximum atomic E-state index is 12.6. The fourth-order valence-corrected chi connectivity index (χ4v) is 4.24. The van der Waals surface area contributed by atoms with Crippen molar-refractivity contribution in [2.75, 3.05) is 7.05 Å². The van der Waals surface area contributed by atoms with Gasteiger partial charge in [0.2, 0.25) is 0 Å². The molecule has 1 aromatic heterocycles. The lowest BCUT2D eigenvalue weighted by Crippen LogP contribution is -2.22. The molecule has 0 unspecified atom stereocenters. The number of hydrogen-bond acceptors (Lipinski definition) is 5. The van der Waals surface area contributed by atoms with Crippen molar-refractivity contribution in [2.45, 2.75) is 16.3 Å². The molecule has 0 aliphatic heterocycles. The van der Waals surface area contributed by atoms with Gasteiger partial charge in [-0.3, -0.25) is 14.6 Å². The zero-order chi connectivity index (χ0) is 23.9. The Bertz CT molecular complexity index is 1290. The maximum absolute atomic E-state index is 12.6. The molecule has 0 bridgehead atoms. The second-order valence-corrected chi connectivity index (χ2v) is 8.60. The Labute approximate surface area is 202 Å². The topological polar surface area (TPSA) is 91.3 Å². The van der Waals surface area contributed by atoms with Gasteiger partial charge in [-0.1, -0.05) is 30.0 Å². The van der Waals surface area contributed by atoms with Crippen LogP contribution in [-0.4, -0.2) is 29.0 Å². The first-order chi connectivity index (χ1) is 16.5. The number of phenols is 1. The minimum Gasteiger partial charge on any atom is -0.508 e. The third kappa shape index (κ3) is 5.63. The molecule has 3 aromatic carbocycles. The predicted molar refractivity (Wildman–Crippen MR) is 133 cm³/mol. The van der Waals surface area contributed by atoms with Gasteiger partial charge in [-0.05, 0) is 72.3 Å². The van der Waals surface area contributed by atoms with E-state index >= 15 is 0 Å². The minimum atomic E-state index is -0.176. The zero-order valence-corrected chi connectivity index (χ0v) is 19.3. The van der Waals surface area contributed by atoms with E-state index < -0.39 is 0 Å². The Morgan fingerprint density at radius 2 is 1.62 bits per heavy atom. The first-order valence-corrected chi connectivity index (χ1v) is 11.5. The lowest BCUT2D eigenvalue weighted by Gasteiger charge is -2.09. The number of aromatic nitrogens is 1. The SMILES string of the molecule is CNC(=O)c1ccccc1Sc1ccc(C(=O)NCc2ccc(-c3ccc(O)cc3)nc2)cc1. The van der Waals surface area contributed by atoms with Crippen molar-refractivity contribution < 1.29 is 14.7 Å². The molecule has 4 rings (SSSR count). The van der Waals surface area contributed by atoms with E-state index in [1.807, 2.05) is 42.5 Å². The average molecular weight is 470 g/mol. The number of nitrogens with one attached hydrogen (secondary N) is 2. The van der Waals surface area contributed by atoms with E-state index in [0.717, 1.165) is 26.6 Å². The number of phenolic OH excluding ortho intramolecular Hbond substituents is 1. The Morgan fingerprint density at radius 3 is 2.29 bits per heavy atom. The van der Waals surface area contributed by atoms with Crippen LogP contribution in [-0.2, 0) is 6.54 Å². The minimum absolute atomic E-state index is 0.135. The molecule has 0 spiro atoms. The van der Waals surface area contributed by atoms with Crippen molar-refractivity contribution in [2.24, 2.45) is 0 Å². The quantitative estimate of drug-likeness (QED) is 0.358. The summed E-state index contributed by atoms with van der Waals surface area (Å²) in [5.41, 5.74) is 3.75. The fourth-order valence-electron chi connectivity index (χ4n) is 3.30. The molecule has 170 valence electrons. The number of amides is 2. The number of rotatable bonds is 7. The highest BCUT2D eigenvalue weighted by molar-refractivity contribution is 7.99. The van der Waals surface area contributed by atoms with E-state index in [9.17, 15) is 14.7 Å². The van der Waals surface area contributed by atoms with Crippen LogP contribution in [0.15, 0.2) is 101 Å². The number of pyridine rings is 1. The second-order valence-electron chi connectivity index (χ2n) is 7.48. The average Bonchev–Trinajstić information content (AvgIpc) is 2.88. The van der Waals surface area contributed by atoms with E-state index in [2.05, 4.69) is 15.6 Å². The van der Waals surface area contributed by atoms with Gasteiger partial charge in [0.05, 0.1) is 11.3 Å². The summed E-state index contributed by atoms with van der Waals surface area (Å²) in [4.78, 5) is 30.9. The monoisotopic (exact) mass is 469 g/mol. The van der Waals surface area contributed by atoms with Crippen LogP contribution in [0.4, 0.5) is 0 Å². The first-order valence-electron chi connectivity index (χ1n) is 10.6. The van der Waals surface area contributed by atoms with Crippen molar-refractivity contribution in [1.82, 2.24) is 15.6 Å². The molecular weight excluding hydrogens is 446 g/mol. The fraction of sp³-hybridized carbons (Fsp3) is 0.0741. The Hall–Kier alpha value is -4.10. The van der Waals surface area contributed by atoms with Crippen LogP contribution in [0.3, 0.4) is 0 Å². The van der Waals surface area contributed by atoms with Crippen LogP contribution < -0.4 is 10.6 Å². The molecular formula is C27H23N3O3S. The highest BCUT2D eigenvalue weighted by atomic mass is 32.2. The van der Waals surface area contributed by atoms with Gasteiger partial charge in [0.15, 0.2) is 0 Å². The molecule has 0 aliphatic carbocycles. The molecule has 0 saturated heterocycles. The summed E-state index contributed by atoms with van der Waals surface area (Å²) in [5.74, 6) is -0.0990. The number of hydrogen-bond donors (Lipinski definition) is 3. The molecule has 6 nitrogen and oxygen atoms in total. The van der Waals surface area contributed by atoms with Crippen molar-refractivity contribution >= 4 is 23.6 Å². The van der Waals surface area contributed by atoms with Crippen LogP contribution in [0, 0.1) is 0 Å². The van der Waals surface area contributed by atoms with E-state index in [1.54, 1.807) is 55.7 Å². The summed E-state index contributed by atoms with van der Waals surface area (Å²) in [7, 11) is 1.61. The van der Waals surface area contributed by atoms with Gasteiger partial charge >= 0.3 is 0 Å². The van der Waals surface area contributed by atoms with E-state index in [-0.39, 0.29) is 17.6 Å². The Kier molecular flexibility index (Phi) is 7.25. The lowest BCUT2D eigenvalue weighted by molar-refractivity contribution is 0.0946. The molecule has 3 N–H and O–H groups in total. The number of nitrogens with zero attached hydrogens (tertiary/aromatic N) is 1. The molecule has 0 aliphatic rings. The van der Waals surface area contributed by atoms with Gasteiger partial charge in [0, 0.05) is 40.7 Å². The van der Waals surface area contributed by atoms with Crippen LogP contribution in [0.25, 0.3) is 11.3 Å². The molecule has 0 atom stereocenters. The molecule has 4 aromatic rings. The number of carbonyl (C=O) groups excluding carboxylic acids is 2. The summed E-state index contributed by atoms with van der Waals surface area (Å²) in [5, 5.41) is 15.0. The van der Waals surface area contributed by atoms with Crippen molar-refractivity contribution in [3.63, 3.8) is 0 Å². The molecule has 0 fully saturated rings. The van der Waals surface area contributed by atoms with Crippen molar-refractivity contribution in [3.8, 4) is 17.0 Å².